The monoisotopic (exact) mass is 270 g/mol. The van der Waals surface area contributed by atoms with E-state index in [-0.39, 0.29) is 0 Å². The lowest BCUT2D eigenvalue weighted by atomic mass is 10.1. The maximum atomic E-state index is 12.7. The summed E-state index contributed by atoms with van der Waals surface area (Å²) in [5.41, 5.74) is 2.94. The Kier molecular flexibility index (Phi) is 2.79. The predicted molar refractivity (Wildman–Crippen MR) is 76.5 cm³/mol. The van der Waals surface area contributed by atoms with Crippen LogP contribution < -0.4 is 0 Å². The highest BCUT2D eigenvalue weighted by Gasteiger charge is 2.32. The lowest BCUT2D eigenvalue weighted by Gasteiger charge is -2.12. The van der Waals surface area contributed by atoms with E-state index in [1.807, 2.05) is 43.3 Å². The molecule has 0 amide bonds. The molecule has 0 saturated carbocycles. The van der Waals surface area contributed by atoms with E-state index in [2.05, 4.69) is 0 Å². The third kappa shape index (κ3) is 1.90. The summed E-state index contributed by atoms with van der Waals surface area (Å²) in [6.07, 6.45) is 1.84. The molecular formula is C16H14O2S. The van der Waals surface area contributed by atoms with Gasteiger partial charge in [-0.25, -0.2) is 8.42 Å². The van der Waals surface area contributed by atoms with E-state index in [0.29, 0.717) is 4.90 Å². The lowest BCUT2D eigenvalue weighted by molar-refractivity contribution is 0.591. The molecule has 3 heteroatoms. The van der Waals surface area contributed by atoms with Crippen LogP contribution >= 0.6 is 0 Å². The Morgan fingerprint density at radius 1 is 0.895 bits per heavy atom. The predicted octanol–water partition coefficient (Wildman–Crippen LogP) is 3.62. The zero-order valence-corrected chi connectivity index (χ0v) is 11.4. The first kappa shape index (κ1) is 12.2. The average molecular weight is 270 g/mol. The molecule has 2 aromatic rings. The summed E-state index contributed by atoms with van der Waals surface area (Å²) < 4.78 is 25.4. The smallest absolute Gasteiger partial charge is 0.188 e. The molecule has 0 N–H and O–H groups in total. The Hall–Kier alpha value is -1.87. The van der Waals surface area contributed by atoms with E-state index in [1.165, 1.54) is 0 Å². The SMILES string of the molecule is CC1=CC(S(=O)(=O)c2ccccc2)c2ccccc21. The van der Waals surface area contributed by atoms with Crippen LogP contribution in [0.15, 0.2) is 65.6 Å². The zero-order valence-electron chi connectivity index (χ0n) is 10.6. The van der Waals surface area contributed by atoms with Gasteiger partial charge in [0.1, 0.15) is 5.25 Å². The second kappa shape index (κ2) is 4.35. The third-order valence-corrected chi connectivity index (χ3v) is 5.49. The van der Waals surface area contributed by atoms with E-state index in [0.717, 1.165) is 16.7 Å². The summed E-state index contributed by atoms with van der Waals surface area (Å²) in [7, 11) is -3.36. The molecule has 96 valence electrons. The molecule has 0 radical (unpaired) electrons. The maximum absolute atomic E-state index is 12.7. The van der Waals surface area contributed by atoms with Gasteiger partial charge in [0.25, 0.3) is 0 Å². The zero-order chi connectivity index (χ0) is 13.5. The van der Waals surface area contributed by atoms with Crippen LogP contribution in [0.25, 0.3) is 5.57 Å². The van der Waals surface area contributed by atoms with Gasteiger partial charge in [-0.05, 0) is 35.8 Å². The molecule has 2 aromatic carbocycles. The number of sulfone groups is 1. The highest BCUT2D eigenvalue weighted by atomic mass is 32.2. The van der Waals surface area contributed by atoms with Crippen molar-refractivity contribution in [3.63, 3.8) is 0 Å². The van der Waals surface area contributed by atoms with Crippen molar-refractivity contribution in [3.8, 4) is 0 Å². The number of rotatable bonds is 2. The van der Waals surface area contributed by atoms with Crippen molar-refractivity contribution in [3.05, 3.63) is 71.8 Å². The van der Waals surface area contributed by atoms with Crippen molar-refractivity contribution >= 4 is 15.4 Å². The van der Waals surface area contributed by atoms with Crippen LogP contribution in [0.2, 0.25) is 0 Å². The number of fused-ring (bicyclic) bond motifs is 1. The van der Waals surface area contributed by atoms with E-state index >= 15 is 0 Å². The Morgan fingerprint density at radius 3 is 2.26 bits per heavy atom. The average Bonchev–Trinajstić information content (AvgIpc) is 2.79. The van der Waals surface area contributed by atoms with Gasteiger partial charge in [-0.3, -0.25) is 0 Å². The first-order valence-corrected chi connectivity index (χ1v) is 7.72. The van der Waals surface area contributed by atoms with E-state index in [4.69, 9.17) is 0 Å². The van der Waals surface area contributed by atoms with Crippen LogP contribution in [0.3, 0.4) is 0 Å². The molecule has 0 bridgehead atoms. The Bertz CT molecular complexity index is 743. The molecule has 0 aliphatic heterocycles. The number of allylic oxidation sites excluding steroid dienone is 1. The third-order valence-electron chi connectivity index (χ3n) is 3.50. The quantitative estimate of drug-likeness (QED) is 0.835. The van der Waals surface area contributed by atoms with Crippen molar-refractivity contribution < 1.29 is 8.42 Å². The largest absolute Gasteiger partial charge is 0.223 e. The maximum Gasteiger partial charge on any atom is 0.188 e. The molecule has 1 atom stereocenters. The second-order valence-corrected chi connectivity index (χ2v) is 6.78. The molecule has 1 aliphatic carbocycles. The van der Waals surface area contributed by atoms with Gasteiger partial charge >= 0.3 is 0 Å². The summed E-state index contributed by atoms with van der Waals surface area (Å²) in [5.74, 6) is 0. The minimum Gasteiger partial charge on any atom is -0.223 e. The lowest BCUT2D eigenvalue weighted by Crippen LogP contribution is -2.10. The van der Waals surface area contributed by atoms with Gasteiger partial charge in [-0.1, -0.05) is 48.5 Å². The van der Waals surface area contributed by atoms with Gasteiger partial charge in [-0.2, -0.15) is 0 Å². The number of hydrogen-bond donors (Lipinski definition) is 0. The van der Waals surface area contributed by atoms with Crippen molar-refractivity contribution in [2.75, 3.05) is 0 Å². The summed E-state index contributed by atoms with van der Waals surface area (Å²) in [6, 6.07) is 16.3. The van der Waals surface area contributed by atoms with Crippen LogP contribution in [0.4, 0.5) is 0 Å². The van der Waals surface area contributed by atoms with Crippen LogP contribution in [0, 0.1) is 0 Å². The second-order valence-electron chi connectivity index (χ2n) is 4.72. The summed E-state index contributed by atoms with van der Waals surface area (Å²) in [5, 5.41) is -0.564. The molecular weight excluding hydrogens is 256 g/mol. The molecule has 19 heavy (non-hydrogen) atoms. The normalized spacial score (nSPS) is 17.9. The minimum absolute atomic E-state index is 0.376. The summed E-state index contributed by atoms with van der Waals surface area (Å²) >= 11 is 0. The molecule has 0 heterocycles. The molecule has 0 aromatic heterocycles. The van der Waals surface area contributed by atoms with Gasteiger partial charge in [0, 0.05) is 0 Å². The van der Waals surface area contributed by atoms with Gasteiger partial charge in [0.15, 0.2) is 9.84 Å². The van der Waals surface area contributed by atoms with Crippen LogP contribution in [0.5, 0.6) is 0 Å². The number of hydrogen-bond acceptors (Lipinski definition) is 2. The van der Waals surface area contributed by atoms with Crippen molar-refractivity contribution in [2.24, 2.45) is 0 Å². The van der Waals surface area contributed by atoms with Crippen LogP contribution in [-0.4, -0.2) is 8.42 Å². The highest BCUT2D eigenvalue weighted by molar-refractivity contribution is 7.91. The molecule has 0 saturated heterocycles. The fourth-order valence-electron chi connectivity index (χ4n) is 2.52. The molecule has 0 spiro atoms. The van der Waals surface area contributed by atoms with Crippen LogP contribution in [0.1, 0.15) is 23.3 Å². The standard InChI is InChI=1S/C16H14O2S/c1-12-11-16(15-10-6-5-9-14(12)15)19(17,18)13-7-3-2-4-8-13/h2-11,16H,1H3. The van der Waals surface area contributed by atoms with Gasteiger partial charge in [-0.15, -0.1) is 0 Å². The fourth-order valence-corrected chi connectivity index (χ4v) is 4.28. The molecule has 3 rings (SSSR count). The van der Waals surface area contributed by atoms with Gasteiger partial charge in [0.05, 0.1) is 4.90 Å². The van der Waals surface area contributed by atoms with Gasteiger partial charge < -0.3 is 0 Å². The Balaban J connectivity index is 2.15. The molecule has 2 nitrogen and oxygen atoms in total. The molecule has 1 aliphatic rings. The number of benzene rings is 2. The minimum atomic E-state index is -3.36. The first-order chi connectivity index (χ1) is 9.10. The van der Waals surface area contributed by atoms with Crippen LogP contribution in [-0.2, 0) is 9.84 Å². The Morgan fingerprint density at radius 2 is 1.53 bits per heavy atom. The van der Waals surface area contributed by atoms with Crippen molar-refractivity contribution in [1.29, 1.82) is 0 Å². The van der Waals surface area contributed by atoms with Crippen molar-refractivity contribution in [2.45, 2.75) is 17.1 Å². The topological polar surface area (TPSA) is 34.1 Å². The summed E-state index contributed by atoms with van der Waals surface area (Å²) in [4.78, 5) is 0.376. The Labute approximate surface area is 113 Å². The molecule has 1 unspecified atom stereocenters. The highest BCUT2D eigenvalue weighted by Crippen LogP contribution is 2.41. The molecule has 0 fully saturated rings. The first-order valence-electron chi connectivity index (χ1n) is 6.17. The van der Waals surface area contributed by atoms with E-state index in [1.54, 1.807) is 24.3 Å². The van der Waals surface area contributed by atoms with E-state index < -0.39 is 15.1 Å². The van der Waals surface area contributed by atoms with Gasteiger partial charge in [0.2, 0.25) is 0 Å². The van der Waals surface area contributed by atoms with Crippen molar-refractivity contribution in [1.82, 2.24) is 0 Å². The summed E-state index contributed by atoms with van der Waals surface area (Å²) in [6.45, 7) is 1.96. The van der Waals surface area contributed by atoms with E-state index in [9.17, 15) is 8.42 Å². The fraction of sp³-hybridized carbons (Fsp3) is 0.125.